The molecule has 0 atom stereocenters. The molecule has 2 aromatic carbocycles. The Bertz CT molecular complexity index is 859. The number of ether oxygens (including phenoxy) is 1. The summed E-state index contributed by atoms with van der Waals surface area (Å²) in [5.74, 6) is 0.584. The number of aromatic nitrogens is 2. The predicted octanol–water partition coefficient (Wildman–Crippen LogP) is 1.49. The van der Waals surface area contributed by atoms with Crippen LogP contribution in [0.4, 0.5) is 0 Å². The minimum atomic E-state index is 0.567. The maximum Gasteiger partial charge on any atom is 0.375 e. The largest absolute Gasteiger partial charge is 0.490 e. The zero-order valence-electron chi connectivity index (χ0n) is 12.5. The maximum atomic E-state index is 10.6. The molecule has 0 radical (unpaired) electrons. The van der Waals surface area contributed by atoms with Crippen molar-refractivity contribution in [3.05, 3.63) is 41.5 Å². The fraction of sp³-hybridized carbons (Fsp3) is 0.250. The molecule has 0 aliphatic heterocycles. The van der Waals surface area contributed by atoms with Gasteiger partial charge in [0.05, 0.1) is 7.11 Å². The average molecular weight is 286 g/mol. The van der Waals surface area contributed by atoms with Crippen LogP contribution in [0.3, 0.4) is 0 Å². The third-order valence-electron chi connectivity index (χ3n) is 3.85. The van der Waals surface area contributed by atoms with Gasteiger partial charge in [0, 0.05) is 27.7 Å². The van der Waals surface area contributed by atoms with E-state index in [0.717, 1.165) is 26.9 Å². The zero-order chi connectivity index (χ0) is 15.1. The van der Waals surface area contributed by atoms with Gasteiger partial charge in [0.25, 0.3) is 0 Å². The predicted molar refractivity (Wildman–Crippen MR) is 77.6 cm³/mol. The lowest BCUT2D eigenvalue weighted by Gasteiger charge is -2.04. The number of nitrogens with zero attached hydrogens (tertiary/aromatic N) is 2. The Balaban J connectivity index is 2.62. The molecule has 5 nitrogen and oxygen atoms in total. The Hall–Kier alpha value is -2.56. The van der Waals surface area contributed by atoms with Gasteiger partial charge < -0.3 is 4.74 Å². The molecule has 0 bridgehead atoms. The first-order valence-corrected chi connectivity index (χ1v) is 6.70. The molecule has 0 spiro atoms. The van der Waals surface area contributed by atoms with Gasteiger partial charge in [-0.25, -0.2) is 0 Å². The highest BCUT2D eigenvalue weighted by Gasteiger charge is 2.32. The van der Waals surface area contributed by atoms with E-state index in [1.54, 1.807) is 19.0 Å². The molecule has 5 heteroatoms. The highest BCUT2D eigenvalue weighted by atomic mass is 16.6. The average Bonchev–Trinajstić information content (AvgIpc) is 2.49. The van der Waals surface area contributed by atoms with Crippen molar-refractivity contribution >= 4 is 22.1 Å². The van der Waals surface area contributed by atoms with Crippen molar-refractivity contribution in [2.24, 2.45) is 0 Å². The Kier molecular flexibility index (Phi) is 3.05. The van der Waals surface area contributed by atoms with Gasteiger partial charge in [-0.3, -0.25) is 10.0 Å². The molecule has 108 valence electrons. The second-order valence-electron chi connectivity index (χ2n) is 5.04. The fourth-order valence-electron chi connectivity index (χ4n) is 2.62. The molecule has 21 heavy (non-hydrogen) atoms. The molecular formula is C16H18N2O3+2. The molecule has 0 aliphatic carbocycles. The molecule has 1 heterocycles. The van der Waals surface area contributed by atoms with Crippen LogP contribution in [0.5, 0.6) is 5.75 Å². The first-order valence-electron chi connectivity index (χ1n) is 6.70. The van der Waals surface area contributed by atoms with E-state index in [0.29, 0.717) is 16.8 Å². The van der Waals surface area contributed by atoms with Crippen molar-refractivity contribution in [1.82, 2.24) is 0 Å². The van der Waals surface area contributed by atoms with E-state index < -0.39 is 0 Å². The van der Waals surface area contributed by atoms with Gasteiger partial charge in [0.2, 0.25) is 5.75 Å². The summed E-state index contributed by atoms with van der Waals surface area (Å²) in [5.41, 5.74) is 4.99. The quantitative estimate of drug-likeness (QED) is 0.441. The third-order valence-corrected chi connectivity index (χ3v) is 3.85. The molecule has 0 aliphatic rings. The van der Waals surface area contributed by atoms with Crippen molar-refractivity contribution < 1.29 is 24.2 Å². The third kappa shape index (κ3) is 1.85. The topological polar surface area (TPSA) is 46.5 Å². The van der Waals surface area contributed by atoms with Crippen LogP contribution in [-0.4, -0.2) is 19.4 Å². The summed E-state index contributed by atoms with van der Waals surface area (Å²) in [4.78, 5) is 5.53. The number of rotatable bonds is 2. The van der Waals surface area contributed by atoms with Crippen LogP contribution in [-0.2, 0) is 0 Å². The number of fused-ring (bicyclic) bond motifs is 2. The van der Waals surface area contributed by atoms with E-state index in [-0.39, 0.29) is 0 Å². The second-order valence-corrected chi connectivity index (χ2v) is 5.04. The molecule has 3 rings (SSSR count). The Labute approximate surface area is 122 Å². The van der Waals surface area contributed by atoms with Crippen LogP contribution < -0.4 is 19.0 Å². The molecule has 0 saturated carbocycles. The van der Waals surface area contributed by atoms with Crippen molar-refractivity contribution in [2.75, 3.05) is 14.2 Å². The maximum absolute atomic E-state index is 10.6. The van der Waals surface area contributed by atoms with Crippen LogP contribution in [0.25, 0.3) is 22.1 Å². The highest BCUT2D eigenvalue weighted by Crippen LogP contribution is 2.23. The minimum absolute atomic E-state index is 0.567. The van der Waals surface area contributed by atoms with Crippen molar-refractivity contribution in [3.8, 4) is 5.75 Å². The van der Waals surface area contributed by atoms with Gasteiger partial charge in [-0.1, -0.05) is 6.07 Å². The van der Waals surface area contributed by atoms with Crippen molar-refractivity contribution in [3.63, 3.8) is 0 Å². The minimum Gasteiger partial charge on any atom is -0.490 e. The van der Waals surface area contributed by atoms with Gasteiger partial charge in [0.15, 0.2) is 0 Å². The van der Waals surface area contributed by atoms with E-state index >= 15 is 0 Å². The highest BCUT2D eigenvalue weighted by molar-refractivity contribution is 5.80. The number of methoxy groups -OCH3 is 1. The van der Waals surface area contributed by atoms with Crippen LogP contribution in [0.15, 0.2) is 30.3 Å². The molecule has 0 fully saturated rings. The molecule has 0 saturated heterocycles. The SMILES string of the molecule is COc1cccc2c1[n+](O)c1cc(C)c(C)cc1[n+]2OC. The smallest absolute Gasteiger partial charge is 0.375 e. The van der Waals surface area contributed by atoms with E-state index in [4.69, 9.17) is 9.57 Å². The zero-order valence-corrected chi connectivity index (χ0v) is 12.5. The lowest BCUT2D eigenvalue weighted by atomic mass is 10.1. The first kappa shape index (κ1) is 13.4. The van der Waals surface area contributed by atoms with Gasteiger partial charge in [-0.05, 0) is 31.0 Å². The first-order chi connectivity index (χ1) is 10.1. The molecule has 1 aromatic heterocycles. The molecule has 1 N–H and O–H groups in total. The second kappa shape index (κ2) is 4.77. The van der Waals surface area contributed by atoms with Gasteiger partial charge in [-0.15, -0.1) is 0 Å². The lowest BCUT2D eigenvalue weighted by Crippen LogP contribution is -2.48. The van der Waals surface area contributed by atoms with E-state index in [1.165, 1.54) is 0 Å². The summed E-state index contributed by atoms with van der Waals surface area (Å²) in [6.07, 6.45) is 0. The summed E-state index contributed by atoms with van der Waals surface area (Å²) < 4.78 is 8.22. The summed E-state index contributed by atoms with van der Waals surface area (Å²) in [5, 5.41) is 10.6. The van der Waals surface area contributed by atoms with E-state index in [9.17, 15) is 5.21 Å². The van der Waals surface area contributed by atoms with Crippen molar-refractivity contribution in [1.29, 1.82) is 0 Å². The summed E-state index contributed by atoms with van der Waals surface area (Å²) in [6, 6.07) is 9.49. The summed E-state index contributed by atoms with van der Waals surface area (Å²) in [6.45, 7) is 4.05. The Morgan fingerprint density at radius 2 is 1.62 bits per heavy atom. The molecule has 0 unspecified atom stereocenters. The van der Waals surface area contributed by atoms with Crippen LogP contribution in [0.1, 0.15) is 11.1 Å². The monoisotopic (exact) mass is 286 g/mol. The number of hydrogen-bond acceptors (Lipinski definition) is 3. The molecule has 3 aromatic rings. The fourth-order valence-corrected chi connectivity index (χ4v) is 2.62. The summed E-state index contributed by atoms with van der Waals surface area (Å²) in [7, 11) is 3.19. The van der Waals surface area contributed by atoms with Crippen LogP contribution in [0.2, 0.25) is 0 Å². The van der Waals surface area contributed by atoms with Gasteiger partial charge in [0.1, 0.15) is 7.11 Å². The molecular weight excluding hydrogens is 268 g/mol. The van der Waals surface area contributed by atoms with Crippen LogP contribution in [0, 0.1) is 13.8 Å². The number of para-hydroxylation sites is 1. The number of benzene rings is 2. The number of aryl methyl sites for hydroxylation is 2. The lowest BCUT2D eigenvalue weighted by molar-refractivity contribution is -0.886. The van der Waals surface area contributed by atoms with E-state index in [2.05, 4.69) is 0 Å². The van der Waals surface area contributed by atoms with Gasteiger partial charge >= 0.3 is 22.1 Å². The Morgan fingerprint density at radius 1 is 0.952 bits per heavy atom. The number of hydrogen-bond donors (Lipinski definition) is 1. The standard InChI is InChI=1S/C16H18N2O3/c1-10-8-13-14(9-11(10)2)18(21-4)12-6-5-7-15(20-3)16(12)17(13)19/h5-9,19H,1-4H3/q+2. The van der Waals surface area contributed by atoms with Crippen LogP contribution >= 0.6 is 0 Å². The summed E-state index contributed by atoms with van der Waals surface area (Å²) >= 11 is 0. The molecule has 0 amide bonds. The van der Waals surface area contributed by atoms with E-state index in [1.807, 2.05) is 44.2 Å². The normalized spacial score (nSPS) is 11.0. The Morgan fingerprint density at radius 3 is 2.24 bits per heavy atom. The van der Waals surface area contributed by atoms with Gasteiger partial charge in [-0.2, -0.15) is 0 Å². The van der Waals surface area contributed by atoms with Crippen molar-refractivity contribution in [2.45, 2.75) is 13.8 Å².